The second kappa shape index (κ2) is 18.3. The molecule has 11 atom stereocenters. The standard InChI is InChI=1S/C51H58N2O14/c1-29-34(64-46(60)39(56)38(31-18-10-6-11-19-31)52-44(58)32-20-12-7-13-21-32)27-51(62)43(66-45(59)33-22-14-8-15-23-33)41-49(5,35(55)26-36-50(41,28-63-36)67-30(2)54)42(57)40(37(29)48(51,3)4)65-47(61)53-24-16-9-17-25-53/h6-8,10-15,18-23,34-36,38-41,43,55-56,62H,9,16-17,24-28H2,1-5H3,(H,52,58)/t34-,35-,36+,38?,39+,40+,41?,43-,49+,50-,51+/m0/s1. The molecule has 3 aliphatic carbocycles. The monoisotopic (exact) mass is 922 g/mol. The molecular formula is C51H58N2O14. The Balaban J connectivity index is 1.29. The van der Waals surface area contributed by atoms with E-state index in [1.807, 2.05) is 0 Å². The highest BCUT2D eigenvalue weighted by Gasteiger charge is 2.78. The second-order valence-electron chi connectivity index (χ2n) is 19.2. The minimum atomic E-state index is -2.41. The first-order chi connectivity index (χ1) is 31.8. The van der Waals surface area contributed by atoms with Crippen LogP contribution >= 0.6 is 0 Å². The zero-order chi connectivity index (χ0) is 48.1. The first kappa shape index (κ1) is 47.5. The molecule has 4 fully saturated rings. The predicted octanol–water partition coefficient (Wildman–Crippen LogP) is 4.80. The van der Waals surface area contributed by atoms with Crippen LogP contribution in [0.2, 0.25) is 0 Å². The predicted molar refractivity (Wildman–Crippen MR) is 238 cm³/mol. The van der Waals surface area contributed by atoms with Gasteiger partial charge in [-0.15, -0.1) is 0 Å². The molecule has 356 valence electrons. The van der Waals surface area contributed by atoms with Crippen molar-refractivity contribution < 1.29 is 67.8 Å². The minimum absolute atomic E-state index is 0.0158. The molecule has 0 aromatic heterocycles. The maximum absolute atomic E-state index is 15.9. The molecule has 3 aromatic carbocycles. The quantitative estimate of drug-likeness (QED) is 0.122. The molecule has 5 aliphatic rings. The third kappa shape index (κ3) is 8.21. The molecule has 4 N–H and O–H groups in total. The second-order valence-corrected chi connectivity index (χ2v) is 19.2. The van der Waals surface area contributed by atoms with E-state index in [9.17, 15) is 39.3 Å². The van der Waals surface area contributed by atoms with Crippen molar-refractivity contribution in [2.75, 3.05) is 19.7 Å². The van der Waals surface area contributed by atoms with Crippen molar-refractivity contribution in [3.63, 3.8) is 0 Å². The van der Waals surface area contributed by atoms with Crippen LogP contribution < -0.4 is 5.32 Å². The van der Waals surface area contributed by atoms with Gasteiger partial charge >= 0.3 is 24.0 Å². The number of likely N-dealkylation sites (tertiary alicyclic amines) is 1. The lowest BCUT2D eigenvalue weighted by Gasteiger charge is -2.67. The number of fused-ring (bicyclic) bond motifs is 5. The SMILES string of the molecule is CC(=O)O[C@@]12CO[C@@H]1C[C@H](O)[C@@]1(C)C(=O)[C@H](OC(=O)N3CCCCC3)C3=C(C)[C@@H](OC(=O)[C@H](O)C(NC(=O)c4ccccc4)c4ccccc4)C[C@@](O)([C@@H](OC(=O)c4ccccc4)C12)C3(C)C. The number of hydrogen-bond donors (Lipinski definition) is 4. The fraction of sp³-hybridized carbons (Fsp3) is 0.490. The number of esters is 3. The smallest absolute Gasteiger partial charge is 0.410 e. The molecule has 3 aromatic rings. The van der Waals surface area contributed by atoms with E-state index in [0.29, 0.717) is 31.5 Å². The molecular weight excluding hydrogens is 865 g/mol. The van der Waals surface area contributed by atoms with Gasteiger partial charge in [-0.1, -0.05) is 80.6 Å². The first-order valence-corrected chi connectivity index (χ1v) is 22.8. The maximum Gasteiger partial charge on any atom is 0.410 e. The zero-order valence-corrected chi connectivity index (χ0v) is 38.2. The van der Waals surface area contributed by atoms with Gasteiger partial charge in [0.2, 0.25) is 0 Å². The Morgan fingerprint density at radius 2 is 1.43 bits per heavy atom. The number of aliphatic hydroxyl groups is 3. The van der Waals surface area contributed by atoms with Gasteiger partial charge < -0.3 is 49.2 Å². The number of aliphatic hydroxyl groups excluding tert-OH is 2. The Kier molecular flexibility index (Phi) is 13.0. The molecule has 2 saturated carbocycles. The van der Waals surface area contributed by atoms with Gasteiger partial charge in [0.1, 0.15) is 23.9 Å². The van der Waals surface area contributed by atoms with Gasteiger partial charge in [0.25, 0.3) is 5.91 Å². The van der Waals surface area contributed by atoms with Gasteiger partial charge in [-0.3, -0.25) is 14.4 Å². The highest BCUT2D eigenvalue weighted by Crippen LogP contribution is 2.64. The molecule has 2 aliphatic heterocycles. The molecule has 2 saturated heterocycles. The average molecular weight is 923 g/mol. The summed E-state index contributed by atoms with van der Waals surface area (Å²) in [5, 5.41) is 40.9. The van der Waals surface area contributed by atoms with E-state index >= 15 is 4.79 Å². The molecule has 2 unspecified atom stereocenters. The third-order valence-corrected chi connectivity index (χ3v) is 15.0. The number of piperidine rings is 1. The van der Waals surface area contributed by atoms with Crippen LogP contribution in [0.3, 0.4) is 0 Å². The van der Waals surface area contributed by atoms with Gasteiger partial charge in [0, 0.05) is 43.8 Å². The number of carbonyl (C=O) groups excluding carboxylic acids is 6. The number of nitrogens with zero attached hydrogens (tertiary/aromatic N) is 1. The molecule has 8 rings (SSSR count). The Morgan fingerprint density at radius 1 is 0.836 bits per heavy atom. The molecule has 0 radical (unpaired) electrons. The van der Waals surface area contributed by atoms with Crippen molar-refractivity contribution in [1.82, 2.24) is 10.2 Å². The Morgan fingerprint density at radius 3 is 2.01 bits per heavy atom. The molecule has 2 amide bonds. The summed E-state index contributed by atoms with van der Waals surface area (Å²) in [5.74, 6) is -5.92. The number of ketones is 1. The van der Waals surface area contributed by atoms with Gasteiger partial charge in [0.05, 0.1) is 35.6 Å². The van der Waals surface area contributed by atoms with Gasteiger partial charge in [-0.05, 0) is 74.1 Å². The average Bonchev–Trinajstić information content (AvgIpc) is 3.32. The number of benzene rings is 3. The highest BCUT2D eigenvalue weighted by molar-refractivity contribution is 5.96. The largest absolute Gasteiger partial charge is 0.456 e. The maximum atomic E-state index is 15.9. The summed E-state index contributed by atoms with van der Waals surface area (Å²) in [7, 11) is 0. The molecule has 2 bridgehead atoms. The van der Waals surface area contributed by atoms with Crippen molar-refractivity contribution in [3.05, 3.63) is 119 Å². The van der Waals surface area contributed by atoms with Crippen LogP contribution in [-0.2, 0) is 38.1 Å². The summed E-state index contributed by atoms with van der Waals surface area (Å²) in [6.07, 6.45) is -9.15. The highest BCUT2D eigenvalue weighted by atomic mass is 16.6. The zero-order valence-electron chi connectivity index (χ0n) is 38.2. The number of nitrogens with one attached hydrogen (secondary N) is 1. The number of rotatable bonds is 10. The Labute approximate surface area is 388 Å². The van der Waals surface area contributed by atoms with E-state index in [2.05, 4.69) is 5.32 Å². The summed E-state index contributed by atoms with van der Waals surface area (Å²) in [5.41, 5.74) is -7.05. The van der Waals surface area contributed by atoms with E-state index in [-0.39, 0.29) is 35.3 Å². The van der Waals surface area contributed by atoms with Crippen molar-refractivity contribution in [2.24, 2.45) is 16.7 Å². The third-order valence-electron chi connectivity index (χ3n) is 15.0. The fourth-order valence-corrected chi connectivity index (χ4v) is 11.3. The summed E-state index contributed by atoms with van der Waals surface area (Å²) in [4.78, 5) is 87.3. The summed E-state index contributed by atoms with van der Waals surface area (Å²) in [6.45, 7) is 7.73. The lowest BCUT2D eigenvalue weighted by atomic mass is 9.44. The number of Topliss-reactive ketones (excluding diaryl/α,β-unsaturated/α-hetero) is 1. The molecule has 0 spiro atoms. The van der Waals surface area contributed by atoms with Crippen molar-refractivity contribution in [2.45, 2.75) is 121 Å². The molecule has 2 heterocycles. The Hall–Kier alpha value is -5.94. The van der Waals surface area contributed by atoms with Crippen LogP contribution in [-0.4, -0.2) is 123 Å². The van der Waals surface area contributed by atoms with Gasteiger partial charge in [-0.25, -0.2) is 14.4 Å². The van der Waals surface area contributed by atoms with Crippen LogP contribution in [0.4, 0.5) is 4.79 Å². The van der Waals surface area contributed by atoms with Crippen LogP contribution in [0.25, 0.3) is 0 Å². The minimum Gasteiger partial charge on any atom is -0.456 e. The van der Waals surface area contributed by atoms with Crippen LogP contribution in [0.5, 0.6) is 0 Å². The van der Waals surface area contributed by atoms with E-state index in [0.717, 1.165) is 6.42 Å². The number of hydrogen-bond acceptors (Lipinski definition) is 14. The first-order valence-electron chi connectivity index (χ1n) is 22.8. The lowest BCUT2D eigenvalue weighted by Crippen LogP contribution is -2.82. The molecule has 16 heteroatoms. The normalized spacial score (nSPS) is 31.8. The van der Waals surface area contributed by atoms with Crippen LogP contribution in [0, 0.1) is 16.7 Å². The fourth-order valence-electron chi connectivity index (χ4n) is 11.3. The molecule has 16 nitrogen and oxygen atoms in total. The number of ether oxygens (including phenoxy) is 5. The Bertz CT molecular complexity index is 2420. The van der Waals surface area contributed by atoms with Crippen molar-refractivity contribution in [3.8, 4) is 0 Å². The number of amides is 2. The summed E-state index contributed by atoms with van der Waals surface area (Å²) >= 11 is 0. The van der Waals surface area contributed by atoms with Gasteiger partial charge in [0.15, 0.2) is 23.6 Å². The van der Waals surface area contributed by atoms with E-state index in [1.165, 1.54) is 30.9 Å². The van der Waals surface area contributed by atoms with E-state index in [4.69, 9.17) is 23.7 Å². The van der Waals surface area contributed by atoms with Gasteiger partial charge in [-0.2, -0.15) is 0 Å². The lowest BCUT2D eigenvalue weighted by molar-refractivity contribution is -0.345. The number of carbonyl (C=O) groups is 6. The van der Waals surface area contributed by atoms with E-state index in [1.54, 1.807) is 99.6 Å². The van der Waals surface area contributed by atoms with Crippen molar-refractivity contribution >= 4 is 35.7 Å². The topological polar surface area (TPSA) is 225 Å². The van der Waals surface area contributed by atoms with Crippen LogP contribution in [0.15, 0.2) is 102 Å². The summed E-state index contributed by atoms with van der Waals surface area (Å²) < 4.78 is 31.1. The summed E-state index contributed by atoms with van der Waals surface area (Å²) in [6, 6.07) is 23.1. The van der Waals surface area contributed by atoms with E-state index < -0.39 is 113 Å². The molecule has 67 heavy (non-hydrogen) atoms. The van der Waals surface area contributed by atoms with Crippen molar-refractivity contribution in [1.29, 1.82) is 0 Å². The van der Waals surface area contributed by atoms with Crippen LogP contribution in [0.1, 0.15) is 99.0 Å².